The van der Waals surface area contributed by atoms with Gasteiger partial charge < -0.3 is 15.5 Å². The smallest absolute Gasteiger partial charge is 0.241 e. The van der Waals surface area contributed by atoms with E-state index in [1.165, 1.54) is 5.56 Å². The molecule has 3 rings (SSSR count). The molecule has 6 heteroatoms. The SMILES string of the molecule is CC1CC(NC(=NCc2ccccc2)NCC(=O)N(C)C)CCN1Cc1ccccc1. The quantitative estimate of drug-likeness (QED) is 0.533. The monoisotopic (exact) mass is 421 g/mol. The van der Waals surface area contributed by atoms with E-state index in [2.05, 4.69) is 64.9 Å². The molecule has 1 amide bonds. The molecule has 1 aliphatic heterocycles. The average molecular weight is 422 g/mol. The Hall–Kier alpha value is -2.86. The standard InChI is InChI=1S/C25H35N5O/c1-20-16-23(14-15-30(20)19-22-12-8-5-9-13-22)28-25(27-18-24(31)29(2)3)26-17-21-10-6-4-7-11-21/h4-13,20,23H,14-19H2,1-3H3,(H2,26,27,28). The number of carbonyl (C=O) groups is 1. The van der Waals surface area contributed by atoms with Crippen LogP contribution in [0.4, 0.5) is 0 Å². The number of benzene rings is 2. The first-order chi connectivity index (χ1) is 15.0. The van der Waals surface area contributed by atoms with Crippen LogP contribution in [0.2, 0.25) is 0 Å². The van der Waals surface area contributed by atoms with Crippen molar-refractivity contribution in [1.82, 2.24) is 20.4 Å². The molecule has 1 saturated heterocycles. The third-order valence-corrected chi connectivity index (χ3v) is 5.75. The Morgan fingerprint density at radius 1 is 1.06 bits per heavy atom. The molecule has 0 bridgehead atoms. The predicted molar refractivity (Wildman–Crippen MR) is 127 cm³/mol. The van der Waals surface area contributed by atoms with Crippen molar-refractivity contribution >= 4 is 11.9 Å². The lowest BCUT2D eigenvalue weighted by Crippen LogP contribution is -2.52. The molecule has 0 spiro atoms. The lowest BCUT2D eigenvalue weighted by atomic mass is 9.97. The number of nitrogens with one attached hydrogen (secondary N) is 2. The van der Waals surface area contributed by atoms with Crippen LogP contribution in [0.3, 0.4) is 0 Å². The number of nitrogens with zero attached hydrogens (tertiary/aromatic N) is 3. The van der Waals surface area contributed by atoms with Crippen LogP contribution >= 0.6 is 0 Å². The topological polar surface area (TPSA) is 60.0 Å². The third-order valence-electron chi connectivity index (χ3n) is 5.75. The fourth-order valence-electron chi connectivity index (χ4n) is 3.82. The molecule has 1 heterocycles. The van der Waals surface area contributed by atoms with Gasteiger partial charge in [0.25, 0.3) is 0 Å². The van der Waals surface area contributed by atoms with E-state index in [9.17, 15) is 4.79 Å². The van der Waals surface area contributed by atoms with Crippen LogP contribution in [0.5, 0.6) is 0 Å². The van der Waals surface area contributed by atoms with E-state index in [1.54, 1.807) is 19.0 Å². The van der Waals surface area contributed by atoms with Gasteiger partial charge in [-0.05, 0) is 30.9 Å². The molecule has 0 saturated carbocycles. The van der Waals surface area contributed by atoms with Gasteiger partial charge in [-0.25, -0.2) is 4.99 Å². The first-order valence-corrected chi connectivity index (χ1v) is 11.1. The summed E-state index contributed by atoms with van der Waals surface area (Å²) in [6, 6.07) is 21.6. The second kappa shape index (κ2) is 11.5. The van der Waals surface area contributed by atoms with Crippen molar-refractivity contribution in [3.8, 4) is 0 Å². The molecule has 0 aromatic heterocycles. The van der Waals surface area contributed by atoms with Gasteiger partial charge in [0.15, 0.2) is 5.96 Å². The number of hydrogen-bond acceptors (Lipinski definition) is 3. The van der Waals surface area contributed by atoms with E-state index in [1.807, 2.05) is 18.2 Å². The molecule has 0 aliphatic carbocycles. The maximum Gasteiger partial charge on any atom is 0.241 e. The van der Waals surface area contributed by atoms with E-state index in [0.717, 1.165) is 31.5 Å². The van der Waals surface area contributed by atoms with Gasteiger partial charge in [-0.1, -0.05) is 60.7 Å². The number of piperidine rings is 1. The Labute approximate surface area is 186 Å². The molecular formula is C25H35N5O. The van der Waals surface area contributed by atoms with Crippen LogP contribution in [0.1, 0.15) is 30.9 Å². The highest BCUT2D eigenvalue weighted by atomic mass is 16.2. The van der Waals surface area contributed by atoms with Gasteiger partial charge >= 0.3 is 0 Å². The lowest BCUT2D eigenvalue weighted by Gasteiger charge is -2.38. The fourth-order valence-corrected chi connectivity index (χ4v) is 3.82. The van der Waals surface area contributed by atoms with Crippen LogP contribution in [0.25, 0.3) is 0 Å². The molecule has 2 atom stereocenters. The molecular weight excluding hydrogens is 386 g/mol. The summed E-state index contributed by atoms with van der Waals surface area (Å²) in [5.74, 6) is 0.730. The summed E-state index contributed by atoms with van der Waals surface area (Å²) in [5, 5.41) is 6.80. The average Bonchev–Trinajstić information content (AvgIpc) is 2.78. The Morgan fingerprint density at radius 3 is 2.32 bits per heavy atom. The van der Waals surface area contributed by atoms with Gasteiger partial charge in [0.1, 0.15) is 0 Å². The van der Waals surface area contributed by atoms with Crippen molar-refractivity contribution in [1.29, 1.82) is 0 Å². The Bertz CT molecular complexity index is 838. The molecule has 1 fully saturated rings. The summed E-state index contributed by atoms with van der Waals surface area (Å²) in [6.07, 6.45) is 2.09. The highest BCUT2D eigenvalue weighted by Crippen LogP contribution is 2.20. The lowest BCUT2D eigenvalue weighted by molar-refractivity contribution is -0.127. The molecule has 2 aromatic carbocycles. The number of carbonyl (C=O) groups excluding carboxylic acids is 1. The minimum Gasteiger partial charge on any atom is -0.354 e. The maximum absolute atomic E-state index is 12.1. The van der Waals surface area contributed by atoms with Gasteiger partial charge in [-0.15, -0.1) is 0 Å². The van der Waals surface area contributed by atoms with Crippen molar-refractivity contribution in [3.05, 3.63) is 71.8 Å². The summed E-state index contributed by atoms with van der Waals surface area (Å²) in [6.45, 7) is 5.13. The van der Waals surface area contributed by atoms with Crippen molar-refractivity contribution in [2.75, 3.05) is 27.2 Å². The molecule has 2 unspecified atom stereocenters. The predicted octanol–water partition coefficient (Wildman–Crippen LogP) is 2.86. The highest BCUT2D eigenvalue weighted by molar-refractivity contribution is 5.86. The van der Waals surface area contributed by atoms with E-state index < -0.39 is 0 Å². The molecule has 6 nitrogen and oxygen atoms in total. The van der Waals surface area contributed by atoms with Crippen LogP contribution in [0.15, 0.2) is 65.7 Å². The number of guanidine groups is 1. The summed E-state index contributed by atoms with van der Waals surface area (Å²) in [4.78, 5) is 20.9. The molecule has 2 N–H and O–H groups in total. The zero-order chi connectivity index (χ0) is 22.1. The van der Waals surface area contributed by atoms with E-state index >= 15 is 0 Å². The summed E-state index contributed by atoms with van der Waals surface area (Å²) < 4.78 is 0. The number of aliphatic imine (C=N–C) groups is 1. The van der Waals surface area contributed by atoms with Gasteiger partial charge in [0.2, 0.25) is 5.91 Å². The van der Waals surface area contributed by atoms with Crippen LogP contribution in [-0.2, 0) is 17.9 Å². The fraction of sp³-hybridized carbons (Fsp3) is 0.440. The molecule has 166 valence electrons. The van der Waals surface area contributed by atoms with Gasteiger partial charge in [0, 0.05) is 39.3 Å². The number of likely N-dealkylation sites (tertiary alicyclic amines) is 1. The minimum absolute atomic E-state index is 0.0280. The molecule has 31 heavy (non-hydrogen) atoms. The zero-order valence-electron chi connectivity index (χ0n) is 18.9. The van der Waals surface area contributed by atoms with Gasteiger partial charge in [-0.2, -0.15) is 0 Å². The van der Waals surface area contributed by atoms with Crippen molar-refractivity contribution in [3.63, 3.8) is 0 Å². The Kier molecular flexibility index (Phi) is 8.47. The molecule has 1 aliphatic rings. The van der Waals surface area contributed by atoms with Crippen LogP contribution < -0.4 is 10.6 Å². The summed E-state index contributed by atoms with van der Waals surface area (Å²) >= 11 is 0. The maximum atomic E-state index is 12.1. The van der Waals surface area contributed by atoms with Crippen molar-refractivity contribution < 1.29 is 4.79 Å². The minimum atomic E-state index is 0.0280. The van der Waals surface area contributed by atoms with E-state index in [-0.39, 0.29) is 12.5 Å². The Morgan fingerprint density at radius 2 is 1.71 bits per heavy atom. The highest BCUT2D eigenvalue weighted by Gasteiger charge is 2.26. The van der Waals surface area contributed by atoms with E-state index in [0.29, 0.717) is 24.6 Å². The van der Waals surface area contributed by atoms with Crippen molar-refractivity contribution in [2.45, 2.75) is 44.9 Å². The van der Waals surface area contributed by atoms with E-state index in [4.69, 9.17) is 4.99 Å². The largest absolute Gasteiger partial charge is 0.354 e. The number of amides is 1. The summed E-state index contributed by atoms with van der Waals surface area (Å²) in [5.41, 5.74) is 2.50. The number of hydrogen-bond donors (Lipinski definition) is 2. The first-order valence-electron chi connectivity index (χ1n) is 11.1. The normalized spacial score (nSPS) is 19.6. The third kappa shape index (κ3) is 7.40. The number of rotatable bonds is 7. The first kappa shape index (κ1) is 22.8. The Balaban J connectivity index is 1.58. The van der Waals surface area contributed by atoms with Crippen LogP contribution in [0, 0.1) is 0 Å². The number of likely N-dealkylation sites (N-methyl/N-ethyl adjacent to an activating group) is 1. The second-order valence-electron chi connectivity index (χ2n) is 8.46. The summed E-state index contributed by atoms with van der Waals surface area (Å²) in [7, 11) is 3.53. The van der Waals surface area contributed by atoms with Gasteiger partial charge in [-0.3, -0.25) is 9.69 Å². The second-order valence-corrected chi connectivity index (χ2v) is 8.46. The molecule has 0 radical (unpaired) electrons. The van der Waals surface area contributed by atoms with Crippen LogP contribution in [-0.4, -0.2) is 60.9 Å². The molecule has 2 aromatic rings. The van der Waals surface area contributed by atoms with Gasteiger partial charge in [0.05, 0.1) is 13.1 Å². The van der Waals surface area contributed by atoms with Crippen molar-refractivity contribution in [2.24, 2.45) is 4.99 Å². The zero-order valence-corrected chi connectivity index (χ0v) is 18.9.